The number of halogens is 2. The van der Waals surface area contributed by atoms with Gasteiger partial charge in [0, 0.05) is 21.0 Å². The lowest BCUT2D eigenvalue weighted by Crippen LogP contribution is -2.41. The summed E-state index contributed by atoms with van der Waals surface area (Å²) in [5.41, 5.74) is 2.78. The van der Waals surface area contributed by atoms with E-state index in [4.69, 9.17) is 0 Å². The second-order valence-electron chi connectivity index (χ2n) is 5.80. The maximum absolute atomic E-state index is 3.75. The molecule has 0 amide bonds. The van der Waals surface area contributed by atoms with Crippen LogP contribution in [0.2, 0.25) is 0 Å². The lowest BCUT2D eigenvalue weighted by Gasteiger charge is -2.38. The van der Waals surface area contributed by atoms with Crippen molar-refractivity contribution in [3.63, 3.8) is 0 Å². The Bertz CT molecular complexity index is 620. The second-order valence-corrected chi connectivity index (χ2v) is 7.51. The zero-order valence-electron chi connectivity index (χ0n) is 12.0. The molecule has 1 aliphatic rings. The molecule has 0 radical (unpaired) electrons. The predicted octanol–water partition coefficient (Wildman–Crippen LogP) is 5.81. The van der Waals surface area contributed by atoms with Crippen LogP contribution in [0.1, 0.15) is 42.9 Å². The first kappa shape index (κ1) is 15.3. The smallest absolute Gasteiger partial charge is 0.0305 e. The molecule has 1 unspecified atom stereocenters. The first-order valence-corrected chi connectivity index (χ1v) is 8.98. The Balaban J connectivity index is 1.58. The zero-order chi connectivity index (χ0) is 14.8. The van der Waals surface area contributed by atoms with Crippen LogP contribution in [0.25, 0.3) is 0 Å². The Hall–Kier alpha value is -0.640. The fourth-order valence-electron chi connectivity index (χ4n) is 3.08. The summed E-state index contributed by atoms with van der Waals surface area (Å²) in [4.78, 5) is 0. The standard InChI is InChI=1S/C18H19Br2N/c1-12(15-6-2-4-8-17(15)19)21-14-10-13(11-14)16-7-3-5-9-18(16)20/h2-9,12-14,21H,10-11H2,1H3. The molecule has 0 bridgehead atoms. The summed E-state index contributed by atoms with van der Waals surface area (Å²) in [6, 6.07) is 18.0. The Morgan fingerprint density at radius 3 is 2.24 bits per heavy atom. The predicted molar refractivity (Wildman–Crippen MR) is 95.6 cm³/mol. The van der Waals surface area contributed by atoms with Crippen molar-refractivity contribution in [3.8, 4) is 0 Å². The molecule has 0 heterocycles. The van der Waals surface area contributed by atoms with Gasteiger partial charge < -0.3 is 5.32 Å². The highest BCUT2D eigenvalue weighted by atomic mass is 79.9. The Kier molecular flexibility index (Phi) is 4.82. The SMILES string of the molecule is CC(NC1CC(c2ccccc2Br)C1)c1ccccc1Br. The number of rotatable bonds is 4. The van der Waals surface area contributed by atoms with E-state index in [0.29, 0.717) is 18.0 Å². The normalized spacial score (nSPS) is 22.6. The molecule has 3 rings (SSSR count). The van der Waals surface area contributed by atoms with Gasteiger partial charge in [-0.1, -0.05) is 68.3 Å². The van der Waals surface area contributed by atoms with Gasteiger partial charge in [0.25, 0.3) is 0 Å². The van der Waals surface area contributed by atoms with Crippen molar-refractivity contribution in [2.45, 2.75) is 37.8 Å². The van der Waals surface area contributed by atoms with Crippen molar-refractivity contribution in [1.82, 2.24) is 5.32 Å². The highest BCUT2D eigenvalue weighted by Gasteiger charge is 2.32. The van der Waals surface area contributed by atoms with Gasteiger partial charge in [0.1, 0.15) is 0 Å². The van der Waals surface area contributed by atoms with E-state index in [0.717, 1.165) is 0 Å². The first-order chi connectivity index (χ1) is 10.1. The molecule has 21 heavy (non-hydrogen) atoms. The summed E-state index contributed by atoms with van der Waals surface area (Å²) in [7, 11) is 0. The van der Waals surface area contributed by atoms with Crippen molar-refractivity contribution in [3.05, 3.63) is 68.6 Å². The van der Waals surface area contributed by atoms with Gasteiger partial charge in [0.05, 0.1) is 0 Å². The molecular weight excluding hydrogens is 390 g/mol. The van der Waals surface area contributed by atoms with Crippen LogP contribution in [-0.2, 0) is 0 Å². The highest BCUT2D eigenvalue weighted by molar-refractivity contribution is 9.10. The molecule has 0 spiro atoms. The van der Waals surface area contributed by atoms with Crippen molar-refractivity contribution in [2.75, 3.05) is 0 Å². The Morgan fingerprint density at radius 2 is 1.57 bits per heavy atom. The number of nitrogens with one attached hydrogen (secondary N) is 1. The summed E-state index contributed by atoms with van der Waals surface area (Å²) < 4.78 is 2.43. The van der Waals surface area contributed by atoms with Gasteiger partial charge in [-0.05, 0) is 48.9 Å². The Labute approximate surface area is 143 Å². The molecule has 1 N–H and O–H groups in total. The minimum atomic E-state index is 0.380. The fourth-order valence-corrected chi connectivity index (χ4v) is 4.32. The van der Waals surface area contributed by atoms with Crippen LogP contribution in [0.3, 0.4) is 0 Å². The Morgan fingerprint density at radius 1 is 0.952 bits per heavy atom. The summed E-state index contributed by atoms with van der Waals surface area (Å²) in [6.45, 7) is 2.24. The molecule has 0 aromatic heterocycles. The molecule has 2 aromatic rings. The minimum absolute atomic E-state index is 0.380. The third-order valence-electron chi connectivity index (χ3n) is 4.34. The minimum Gasteiger partial charge on any atom is -0.307 e. The van der Waals surface area contributed by atoms with Crippen LogP contribution in [0, 0.1) is 0 Å². The van der Waals surface area contributed by atoms with Crippen molar-refractivity contribution in [2.24, 2.45) is 0 Å². The van der Waals surface area contributed by atoms with Crippen molar-refractivity contribution >= 4 is 31.9 Å². The van der Waals surface area contributed by atoms with Crippen LogP contribution in [0.15, 0.2) is 57.5 Å². The lowest BCUT2D eigenvalue weighted by atomic mass is 9.75. The van der Waals surface area contributed by atoms with Crippen molar-refractivity contribution in [1.29, 1.82) is 0 Å². The van der Waals surface area contributed by atoms with Crippen LogP contribution in [-0.4, -0.2) is 6.04 Å². The van der Waals surface area contributed by atoms with Gasteiger partial charge in [0.15, 0.2) is 0 Å². The molecule has 1 saturated carbocycles. The summed E-state index contributed by atoms with van der Waals surface area (Å²) in [5.74, 6) is 0.685. The van der Waals surface area contributed by atoms with Gasteiger partial charge in [-0.2, -0.15) is 0 Å². The highest BCUT2D eigenvalue weighted by Crippen LogP contribution is 2.41. The molecule has 2 aromatic carbocycles. The molecule has 1 nitrogen and oxygen atoms in total. The molecule has 0 aliphatic heterocycles. The van der Waals surface area contributed by atoms with E-state index in [1.54, 1.807) is 0 Å². The monoisotopic (exact) mass is 407 g/mol. The van der Waals surface area contributed by atoms with Gasteiger partial charge in [0.2, 0.25) is 0 Å². The molecule has 1 aliphatic carbocycles. The van der Waals surface area contributed by atoms with Gasteiger partial charge >= 0.3 is 0 Å². The molecule has 0 saturated heterocycles. The van der Waals surface area contributed by atoms with E-state index >= 15 is 0 Å². The summed E-state index contributed by atoms with van der Waals surface area (Å²) in [6.07, 6.45) is 2.44. The maximum atomic E-state index is 3.75. The largest absolute Gasteiger partial charge is 0.307 e. The van der Waals surface area contributed by atoms with Crippen LogP contribution in [0.4, 0.5) is 0 Å². The molecule has 3 heteroatoms. The third-order valence-corrected chi connectivity index (χ3v) is 5.78. The van der Waals surface area contributed by atoms with Crippen molar-refractivity contribution < 1.29 is 0 Å². The molecule has 1 atom stereocenters. The average molecular weight is 409 g/mol. The molecule has 1 fully saturated rings. The average Bonchev–Trinajstić information content (AvgIpc) is 2.44. The van der Waals surface area contributed by atoms with Crippen LogP contribution in [0.5, 0.6) is 0 Å². The number of benzene rings is 2. The van der Waals surface area contributed by atoms with E-state index < -0.39 is 0 Å². The van der Waals surface area contributed by atoms with Gasteiger partial charge in [-0.3, -0.25) is 0 Å². The second kappa shape index (κ2) is 6.64. The van der Waals surface area contributed by atoms with E-state index in [1.165, 1.54) is 32.9 Å². The fraction of sp³-hybridized carbons (Fsp3) is 0.333. The zero-order valence-corrected chi connectivity index (χ0v) is 15.2. The van der Waals surface area contributed by atoms with E-state index in [9.17, 15) is 0 Å². The molecule has 110 valence electrons. The first-order valence-electron chi connectivity index (χ1n) is 7.40. The maximum Gasteiger partial charge on any atom is 0.0305 e. The number of hydrogen-bond donors (Lipinski definition) is 1. The topological polar surface area (TPSA) is 12.0 Å². The van der Waals surface area contributed by atoms with Crippen LogP contribution < -0.4 is 5.32 Å². The summed E-state index contributed by atoms with van der Waals surface area (Å²) >= 11 is 7.30. The third kappa shape index (κ3) is 3.41. The quantitative estimate of drug-likeness (QED) is 0.673. The van der Waals surface area contributed by atoms with E-state index in [-0.39, 0.29) is 0 Å². The van der Waals surface area contributed by atoms with E-state index in [2.05, 4.69) is 92.6 Å². The molecular formula is C18H19Br2N. The summed E-state index contributed by atoms with van der Waals surface area (Å²) in [5, 5.41) is 3.75. The number of hydrogen-bond acceptors (Lipinski definition) is 1. The lowest BCUT2D eigenvalue weighted by molar-refractivity contribution is 0.270. The van der Waals surface area contributed by atoms with Gasteiger partial charge in [-0.25, -0.2) is 0 Å². The van der Waals surface area contributed by atoms with Crippen LogP contribution >= 0.6 is 31.9 Å². The van der Waals surface area contributed by atoms with Gasteiger partial charge in [-0.15, -0.1) is 0 Å². The van der Waals surface area contributed by atoms with E-state index in [1.807, 2.05) is 0 Å².